The van der Waals surface area contributed by atoms with Crippen LogP contribution in [-0.2, 0) is 9.53 Å². The fourth-order valence-corrected chi connectivity index (χ4v) is 3.01. The Balaban J connectivity index is 2.16. The first-order valence-corrected chi connectivity index (χ1v) is 7.46. The van der Waals surface area contributed by atoms with Crippen molar-refractivity contribution in [2.45, 2.75) is 50.4 Å². The Morgan fingerprint density at radius 2 is 1.86 bits per heavy atom. The van der Waals surface area contributed by atoms with Crippen molar-refractivity contribution in [2.75, 3.05) is 26.7 Å². The van der Waals surface area contributed by atoms with Gasteiger partial charge in [0.25, 0.3) is 0 Å². The lowest BCUT2D eigenvalue weighted by Crippen LogP contribution is -2.62. The van der Waals surface area contributed by atoms with Crippen LogP contribution >= 0.6 is 0 Å². The minimum atomic E-state index is -4.25. The van der Waals surface area contributed by atoms with Crippen LogP contribution in [0.3, 0.4) is 0 Å². The smallest absolute Gasteiger partial charge is 0.401 e. The number of halogens is 3. The summed E-state index contributed by atoms with van der Waals surface area (Å²) >= 11 is 0. The van der Waals surface area contributed by atoms with Crippen molar-refractivity contribution in [1.29, 1.82) is 0 Å². The summed E-state index contributed by atoms with van der Waals surface area (Å²) in [5.74, 6) is -0.376. The Labute approximate surface area is 123 Å². The van der Waals surface area contributed by atoms with Crippen LogP contribution in [0.4, 0.5) is 13.2 Å². The highest BCUT2D eigenvalue weighted by Gasteiger charge is 2.54. The van der Waals surface area contributed by atoms with Crippen LogP contribution in [0.15, 0.2) is 0 Å². The fraction of sp³-hybridized carbons (Fsp3) is 0.929. The lowest BCUT2D eigenvalue weighted by Gasteiger charge is -2.37. The number of nitrogens with one attached hydrogen (secondary N) is 1. The van der Waals surface area contributed by atoms with Gasteiger partial charge in [0, 0.05) is 12.6 Å². The Morgan fingerprint density at radius 1 is 1.24 bits per heavy atom. The van der Waals surface area contributed by atoms with Gasteiger partial charge in [-0.2, -0.15) is 13.2 Å². The number of likely N-dealkylation sites (N-methyl/N-ethyl adjacent to an activating group) is 1. The maximum atomic E-state index is 12.8. The number of hydrogen-bond donors (Lipinski definition) is 1. The van der Waals surface area contributed by atoms with Crippen LogP contribution in [0, 0.1) is 5.92 Å². The molecule has 0 bridgehead atoms. The average Bonchev–Trinajstić information content (AvgIpc) is 3.27. The summed E-state index contributed by atoms with van der Waals surface area (Å²) in [4.78, 5) is 13.7. The number of rotatable bonds is 8. The molecule has 0 amide bonds. The SMILES string of the molecule is CCNC(CN(CC(F)(F)F)C1CC1)(C(=O)OC)C1CC1. The zero-order valence-electron chi connectivity index (χ0n) is 12.5. The molecule has 0 aromatic rings. The molecule has 122 valence electrons. The summed E-state index contributed by atoms with van der Waals surface area (Å²) in [5, 5.41) is 3.12. The summed E-state index contributed by atoms with van der Waals surface area (Å²) in [5.41, 5.74) is -1.00. The van der Waals surface area contributed by atoms with Crippen molar-refractivity contribution in [3.8, 4) is 0 Å². The third kappa shape index (κ3) is 4.10. The highest BCUT2D eigenvalue weighted by atomic mass is 19.4. The second kappa shape index (κ2) is 6.12. The third-order valence-corrected chi connectivity index (χ3v) is 4.21. The summed E-state index contributed by atoms with van der Waals surface area (Å²) in [6.45, 7) is 1.48. The lowest BCUT2D eigenvalue weighted by molar-refractivity contribution is -0.160. The maximum Gasteiger partial charge on any atom is 0.401 e. The molecule has 1 unspecified atom stereocenters. The van der Waals surface area contributed by atoms with Crippen LogP contribution in [-0.4, -0.2) is 55.4 Å². The quantitative estimate of drug-likeness (QED) is 0.696. The predicted molar refractivity (Wildman–Crippen MR) is 71.8 cm³/mol. The van der Waals surface area contributed by atoms with Gasteiger partial charge in [-0.25, -0.2) is 4.79 Å². The van der Waals surface area contributed by atoms with Gasteiger partial charge in [-0.1, -0.05) is 6.92 Å². The first-order valence-electron chi connectivity index (χ1n) is 7.46. The molecule has 0 spiro atoms. The Hall–Kier alpha value is -0.820. The minimum Gasteiger partial charge on any atom is -0.468 e. The molecule has 2 aliphatic rings. The molecule has 21 heavy (non-hydrogen) atoms. The van der Waals surface area contributed by atoms with E-state index in [4.69, 9.17) is 4.74 Å². The molecule has 1 atom stereocenters. The van der Waals surface area contributed by atoms with Gasteiger partial charge in [-0.15, -0.1) is 0 Å². The number of nitrogens with zero attached hydrogens (tertiary/aromatic N) is 1. The van der Waals surface area contributed by atoms with Crippen molar-refractivity contribution in [3.63, 3.8) is 0 Å². The molecule has 2 fully saturated rings. The average molecular weight is 308 g/mol. The summed E-state index contributed by atoms with van der Waals surface area (Å²) < 4.78 is 43.2. The van der Waals surface area contributed by atoms with Crippen LogP contribution < -0.4 is 5.32 Å². The minimum absolute atomic E-state index is 0.0620. The van der Waals surface area contributed by atoms with E-state index < -0.39 is 24.2 Å². The van der Waals surface area contributed by atoms with E-state index >= 15 is 0 Å². The molecule has 2 saturated carbocycles. The Kier molecular flexibility index (Phi) is 4.82. The molecule has 2 aliphatic carbocycles. The molecule has 7 heteroatoms. The van der Waals surface area contributed by atoms with E-state index in [1.165, 1.54) is 12.0 Å². The maximum absolute atomic E-state index is 12.8. The molecule has 0 aliphatic heterocycles. The monoisotopic (exact) mass is 308 g/mol. The van der Waals surface area contributed by atoms with Crippen LogP contribution in [0.1, 0.15) is 32.6 Å². The number of hydrogen-bond acceptors (Lipinski definition) is 4. The molecule has 0 heterocycles. The van der Waals surface area contributed by atoms with Gasteiger partial charge in [0.15, 0.2) is 0 Å². The van der Waals surface area contributed by atoms with E-state index in [0.717, 1.165) is 25.7 Å². The number of ether oxygens (including phenoxy) is 1. The standard InChI is InChI=1S/C14H23F3N2O2/c1-3-18-13(10-4-5-10,12(20)21-2)8-19(11-6-7-11)9-14(15,16)17/h10-11,18H,3-9H2,1-2H3. The predicted octanol–water partition coefficient (Wildman–Crippen LogP) is 1.94. The molecule has 1 N–H and O–H groups in total. The van der Waals surface area contributed by atoms with Crippen LogP contribution in [0.25, 0.3) is 0 Å². The van der Waals surface area contributed by atoms with Gasteiger partial charge < -0.3 is 10.1 Å². The topological polar surface area (TPSA) is 41.6 Å². The van der Waals surface area contributed by atoms with E-state index in [1.807, 2.05) is 6.92 Å². The first-order chi connectivity index (χ1) is 9.82. The molecule has 0 saturated heterocycles. The molecule has 0 radical (unpaired) electrons. The van der Waals surface area contributed by atoms with Gasteiger partial charge in [0.2, 0.25) is 0 Å². The Bertz CT molecular complexity index is 381. The van der Waals surface area contributed by atoms with Gasteiger partial charge in [0.1, 0.15) is 5.54 Å². The number of carbonyl (C=O) groups excluding carboxylic acids is 1. The highest BCUT2D eigenvalue weighted by Crippen LogP contribution is 2.42. The summed E-state index contributed by atoms with van der Waals surface area (Å²) in [6.07, 6.45) is -1.01. The normalized spacial score (nSPS) is 22.2. The zero-order valence-corrected chi connectivity index (χ0v) is 12.5. The van der Waals surface area contributed by atoms with Crippen LogP contribution in [0.5, 0.6) is 0 Å². The molecule has 0 aromatic carbocycles. The van der Waals surface area contributed by atoms with E-state index in [2.05, 4.69) is 5.32 Å². The second-order valence-electron chi connectivity index (χ2n) is 6.02. The summed E-state index contributed by atoms with van der Waals surface area (Å²) in [7, 11) is 1.29. The molecular weight excluding hydrogens is 285 g/mol. The van der Waals surface area contributed by atoms with Gasteiger partial charge in [-0.3, -0.25) is 4.90 Å². The van der Waals surface area contributed by atoms with Gasteiger partial charge >= 0.3 is 12.1 Å². The largest absolute Gasteiger partial charge is 0.468 e. The number of alkyl halides is 3. The van der Waals surface area contributed by atoms with Gasteiger partial charge in [-0.05, 0) is 38.1 Å². The van der Waals surface area contributed by atoms with E-state index in [1.54, 1.807) is 0 Å². The lowest BCUT2D eigenvalue weighted by atomic mass is 9.91. The summed E-state index contributed by atoms with van der Waals surface area (Å²) in [6, 6.07) is -0.0620. The van der Waals surface area contributed by atoms with Crippen molar-refractivity contribution < 1.29 is 22.7 Å². The Morgan fingerprint density at radius 3 is 2.24 bits per heavy atom. The van der Waals surface area contributed by atoms with E-state index in [0.29, 0.717) is 6.54 Å². The fourth-order valence-electron chi connectivity index (χ4n) is 3.01. The second-order valence-corrected chi connectivity index (χ2v) is 6.02. The first kappa shape index (κ1) is 16.5. The zero-order chi connectivity index (χ0) is 15.7. The third-order valence-electron chi connectivity index (χ3n) is 4.21. The molecular formula is C14H23F3N2O2. The molecule has 4 nitrogen and oxygen atoms in total. The van der Waals surface area contributed by atoms with Crippen molar-refractivity contribution in [2.24, 2.45) is 5.92 Å². The van der Waals surface area contributed by atoms with Crippen LogP contribution in [0.2, 0.25) is 0 Å². The van der Waals surface area contributed by atoms with Crippen molar-refractivity contribution >= 4 is 5.97 Å². The van der Waals surface area contributed by atoms with Gasteiger partial charge in [0.05, 0.1) is 13.7 Å². The molecule has 0 aromatic heterocycles. The number of carbonyl (C=O) groups is 1. The molecule has 2 rings (SSSR count). The van der Waals surface area contributed by atoms with Crippen molar-refractivity contribution in [3.05, 3.63) is 0 Å². The number of esters is 1. The number of methoxy groups -OCH3 is 1. The van der Waals surface area contributed by atoms with E-state index in [-0.39, 0.29) is 18.5 Å². The van der Waals surface area contributed by atoms with Crippen molar-refractivity contribution in [1.82, 2.24) is 10.2 Å². The van der Waals surface area contributed by atoms with E-state index in [9.17, 15) is 18.0 Å². The highest BCUT2D eigenvalue weighted by molar-refractivity contribution is 5.82.